The zero-order chi connectivity index (χ0) is 10.9. The maximum atomic E-state index is 11.0. The molecule has 0 aromatic heterocycles. The third kappa shape index (κ3) is 2.40. The predicted octanol–water partition coefficient (Wildman–Crippen LogP) is 3.25. The van der Waals surface area contributed by atoms with Gasteiger partial charge in [-0.15, -0.1) is 0 Å². The first-order valence-corrected chi connectivity index (χ1v) is 5.90. The number of carboxylic acid groups (broad SMARTS) is 1. The smallest absolute Gasteiger partial charge is 0.309 e. The maximum absolute atomic E-state index is 11.0. The van der Waals surface area contributed by atoms with Crippen LogP contribution in [0.1, 0.15) is 24.8 Å². The lowest BCUT2D eigenvalue weighted by Gasteiger charge is -2.08. The number of carboxylic acids is 1. The molecule has 2 nitrogen and oxygen atoms in total. The van der Waals surface area contributed by atoms with Crippen molar-refractivity contribution in [2.24, 2.45) is 5.41 Å². The first kappa shape index (κ1) is 10.7. The third-order valence-electron chi connectivity index (χ3n) is 3.11. The molecule has 0 radical (unpaired) electrons. The normalized spacial score (nSPS) is 17.4. The molecule has 0 heterocycles. The molecule has 0 saturated heterocycles. The van der Waals surface area contributed by atoms with Crippen molar-refractivity contribution in [2.45, 2.75) is 25.7 Å². The van der Waals surface area contributed by atoms with E-state index in [1.165, 1.54) is 5.56 Å². The molecule has 0 aliphatic heterocycles. The lowest BCUT2D eigenvalue weighted by molar-refractivity contribution is -0.143. The first-order chi connectivity index (χ1) is 7.12. The van der Waals surface area contributed by atoms with Gasteiger partial charge in [0, 0.05) is 4.47 Å². The predicted molar refractivity (Wildman–Crippen MR) is 61.8 cm³/mol. The van der Waals surface area contributed by atoms with E-state index >= 15 is 0 Å². The molecule has 2 rings (SSSR count). The Kier molecular flexibility index (Phi) is 2.83. The lowest BCUT2D eigenvalue weighted by atomic mass is 9.97. The average Bonchev–Trinajstić information content (AvgIpc) is 2.98. The Morgan fingerprint density at radius 3 is 2.40 bits per heavy atom. The van der Waals surface area contributed by atoms with Crippen molar-refractivity contribution in [3.63, 3.8) is 0 Å². The van der Waals surface area contributed by atoms with E-state index < -0.39 is 11.4 Å². The largest absolute Gasteiger partial charge is 0.481 e. The second-order valence-electron chi connectivity index (χ2n) is 4.21. The van der Waals surface area contributed by atoms with Crippen molar-refractivity contribution < 1.29 is 9.90 Å². The highest BCUT2D eigenvalue weighted by atomic mass is 79.9. The van der Waals surface area contributed by atoms with E-state index in [0.717, 1.165) is 30.2 Å². The summed E-state index contributed by atoms with van der Waals surface area (Å²) in [4.78, 5) is 11.0. The van der Waals surface area contributed by atoms with Crippen LogP contribution in [0.5, 0.6) is 0 Å². The quantitative estimate of drug-likeness (QED) is 0.911. The Balaban J connectivity index is 1.94. The monoisotopic (exact) mass is 268 g/mol. The zero-order valence-corrected chi connectivity index (χ0v) is 9.96. The Hall–Kier alpha value is -0.830. The molecule has 0 atom stereocenters. The van der Waals surface area contributed by atoms with Crippen LogP contribution in [0.25, 0.3) is 0 Å². The van der Waals surface area contributed by atoms with Gasteiger partial charge in [-0.25, -0.2) is 0 Å². The molecule has 0 amide bonds. The van der Waals surface area contributed by atoms with E-state index in [-0.39, 0.29) is 0 Å². The van der Waals surface area contributed by atoms with E-state index in [4.69, 9.17) is 5.11 Å². The van der Waals surface area contributed by atoms with Crippen molar-refractivity contribution in [3.05, 3.63) is 34.3 Å². The van der Waals surface area contributed by atoms with Crippen LogP contribution in [0.15, 0.2) is 28.7 Å². The van der Waals surface area contributed by atoms with Crippen LogP contribution in [0.3, 0.4) is 0 Å². The van der Waals surface area contributed by atoms with E-state index in [0.29, 0.717) is 0 Å². The number of rotatable bonds is 4. The molecule has 1 aromatic carbocycles. The number of aliphatic carboxylic acids is 1. The third-order valence-corrected chi connectivity index (χ3v) is 3.64. The molecule has 0 bridgehead atoms. The van der Waals surface area contributed by atoms with Crippen LogP contribution in [-0.4, -0.2) is 11.1 Å². The van der Waals surface area contributed by atoms with Gasteiger partial charge in [0.05, 0.1) is 5.41 Å². The molecule has 1 aromatic rings. The van der Waals surface area contributed by atoms with Crippen molar-refractivity contribution in [1.82, 2.24) is 0 Å². The number of carbonyl (C=O) groups is 1. The SMILES string of the molecule is O=C(O)C1(CCc2ccc(Br)cc2)CC1. The molecule has 1 saturated carbocycles. The van der Waals surface area contributed by atoms with Gasteiger partial charge in [-0.3, -0.25) is 4.79 Å². The van der Waals surface area contributed by atoms with Gasteiger partial charge in [0.1, 0.15) is 0 Å². The molecule has 1 fully saturated rings. The number of hydrogen-bond acceptors (Lipinski definition) is 1. The number of aryl methyl sites for hydroxylation is 1. The fraction of sp³-hybridized carbons (Fsp3) is 0.417. The van der Waals surface area contributed by atoms with Gasteiger partial charge < -0.3 is 5.11 Å². The van der Waals surface area contributed by atoms with Gasteiger partial charge in [-0.1, -0.05) is 28.1 Å². The van der Waals surface area contributed by atoms with E-state index in [1.54, 1.807) is 0 Å². The highest BCUT2D eigenvalue weighted by Gasteiger charge is 2.49. The van der Waals surface area contributed by atoms with Crippen LogP contribution in [0.2, 0.25) is 0 Å². The maximum Gasteiger partial charge on any atom is 0.309 e. The Morgan fingerprint density at radius 1 is 1.33 bits per heavy atom. The molecule has 3 heteroatoms. The number of benzene rings is 1. The average molecular weight is 269 g/mol. The molecule has 15 heavy (non-hydrogen) atoms. The van der Waals surface area contributed by atoms with Crippen molar-refractivity contribution in [2.75, 3.05) is 0 Å². The van der Waals surface area contributed by atoms with E-state index in [1.807, 2.05) is 24.3 Å². The van der Waals surface area contributed by atoms with Crippen LogP contribution in [0.4, 0.5) is 0 Å². The molecule has 80 valence electrons. The van der Waals surface area contributed by atoms with Gasteiger partial charge in [0.2, 0.25) is 0 Å². The number of halogens is 1. The minimum absolute atomic E-state index is 0.396. The number of hydrogen-bond donors (Lipinski definition) is 1. The second-order valence-corrected chi connectivity index (χ2v) is 5.13. The minimum atomic E-state index is -0.625. The molecular formula is C12H13BrO2. The van der Waals surface area contributed by atoms with Gasteiger partial charge >= 0.3 is 5.97 Å². The highest BCUT2D eigenvalue weighted by Crippen LogP contribution is 2.49. The molecule has 0 unspecified atom stereocenters. The summed E-state index contributed by atoms with van der Waals surface area (Å²) in [5.74, 6) is -0.625. The summed E-state index contributed by atoms with van der Waals surface area (Å²) in [6.07, 6.45) is 3.32. The van der Waals surface area contributed by atoms with Gasteiger partial charge in [-0.2, -0.15) is 0 Å². The highest BCUT2D eigenvalue weighted by molar-refractivity contribution is 9.10. The fourth-order valence-electron chi connectivity index (χ4n) is 1.76. The minimum Gasteiger partial charge on any atom is -0.481 e. The van der Waals surface area contributed by atoms with Crippen LogP contribution >= 0.6 is 15.9 Å². The lowest BCUT2D eigenvalue weighted by Crippen LogP contribution is -2.15. The molecular weight excluding hydrogens is 256 g/mol. The van der Waals surface area contributed by atoms with Crippen LogP contribution in [-0.2, 0) is 11.2 Å². The van der Waals surface area contributed by atoms with Crippen molar-refractivity contribution in [3.8, 4) is 0 Å². The Bertz CT molecular complexity index is 366. The fourth-order valence-corrected chi connectivity index (χ4v) is 2.02. The van der Waals surface area contributed by atoms with E-state index in [2.05, 4.69) is 15.9 Å². The summed E-state index contributed by atoms with van der Waals surface area (Å²) in [7, 11) is 0. The molecule has 1 aliphatic carbocycles. The van der Waals surface area contributed by atoms with Crippen molar-refractivity contribution >= 4 is 21.9 Å². The summed E-state index contributed by atoms with van der Waals surface area (Å²) in [5, 5.41) is 9.02. The Morgan fingerprint density at radius 2 is 1.93 bits per heavy atom. The van der Waals surface area contributed by atoms with Crippen LogP contribution in [0, 0.1) is 5.41 Å². The molecule has 1 aliphatic rings. The summed E-state index contributed by atoms with van der Waals surface area (Å²) in [5.41, 5.74) is 0.818. The first-order valence-electron chi connectivity index (χ1n) is 5.10. The summed E-state index contributed by atoms with van der Waals surface area (Å²) in [6, 6.07) is 8.08. The van der Waals surface area contributed by atoms with Gasteiger partial charge in [0.25, 0.3) is 0 Å². The molecule has 1 N–H and O–H groups in total. The van der Waals surface area contributed by atoms with Gasteiger partial charge in [-0.05, 0) is 43.4 Å². The summed E-state index contributed by atoms with van der Waals surface area (Å²) in [6.45, 7) is 0. The standard InChI is InChI=1S/C12H13BrO2/c13-10-3-1-9(2-4-10)5-6-12(7-8-12)11(14)15/h1-4H,5-8H2,(H,14,15). The molecule has 0 spiro atoms. The summed E-state index contributed by atoms with van der Waals surface area (Å²) < 4.78 is 1.06. The van der Waals surface area contributed by atoms with Crippen molar-refractivity contribution in [1.29, 1.82) is 0 Å². The van der Waals surface area contributed by atoms with Crippen LogP contribution < -0.4 is 0 Å². The second kappa shape index (κ2) is 3.97. The van der Waals surface area contributed by atoms with Gasteiger partial charge in [0.15, 0.2) is 0 Å². The zero-order valence-electron chi connectivity index (χ0n) is 8.37. The topological polar surface area (TPSA) is 37.3 Å². The van der Waals surface area contributed by atoms with E-state index in [9.17, 15) is 4.79 Å². The summed E-state index contributed by atoms with van der Waals surface area (Å²) >= 11 is 3.38. The Labute approximate surface area is 97.4 Å².